The van der Waals surface area contributed by atoms with Crippen molar-refractivity contribution < 1.29 is 8.42 Å². The van der Waals surface area contributed by atoms with Crippen molar-refractivity contribution in [1.29, 1.82) is 0 Å². The number of hydrogen-bond acceptors (Lipinski definition) is 4. The van der Waals surface area contributed by atoms with Gasteiger partial charge in [0.1, 0.15) is 9.84 Å². The SMILES string of the molecule is CC(N)CCS(=O)(=O)CCCn1ccnc1. The molecular formula is C10H19N3O2S. The molecule has 0 bridgehead atoms. The second-order valence-corrected chi connectivity index (χ2v) is 6.38. The molecule has 6 heteroatoms. The maximum Gasteiger partial charge on any atom is 0.150 e. The maximum absolute atomic E-state index is 11.6. The fraction of sp³-hybridized carbons (Fsp3) is 0.700. The minimum absolute atomic E-state index is 0.0524. The topological polar surface area (TPSA) is 78.0 Å². The first-order valence-electron chi connectivity index (χ1n) is 5.41. The Morgan fingerprint density at radius 2 is 2.19 bits per heavy atom. The summed E-state index contributed by atoms with van der Waals surface area (Å²) in [5.74, 6) is 0.409. The molecule has 5 nitrogen and oxygen atoms in total. The van der Waals surface area contributed by atoms with Gasteiger partial charge in [0.2, 0.25) is 0 Å². The lowest BCUT2D eigenvalue weighted by Crippen LogP contribution is -2.21. The Labute approximate surface area is 96.6 Å². The van der Waals surface area contributed by atoms with Crippen LogP contribution in [0.3, 0.4) is 0 Å². The molecular weight excluding hydrogens is 226 g/mol. The number of aryl methyl sites for hydroxylation is 1. The molecule has 0 fully saturated rings. The van der Waals surface area contributed by atoms with Gasteiger partial charge in [-0.25, -0.2) is 13.4 Å². The monoisotopic (exact) mass is 245 g/mol. The van der Waals surface area contributed by atoms with E-state index in [1.165, 1.54) is 0 Å². The maximum atomic E-state index is 11.6. The molecule has 2 N–H and O–H groups in total. The molecule has 1 aromatic heterocycles. The third-order valence-corrected chi connectivity index (χ3v) is 4.08. The molecule has 0 radical (unpaired) electrons. The van der Waals surface area contributed by atoms with Crippen LogP contribution in [0.4, 0.5) is 0 Å². The van der Waals surface area contributed by atoms with Gasteiger partial charge in [-0.2, -0.15) is 0 Å². The molecule has 0 aliphatic carbocycles. The van der Waals surface area contributed by atoms with Gasteiger partial charge in [0, 0.05) is 25.0 Å². The lowest BCUT2D eigenvalue weighted by atomic mass is 10.3. The van der Waals surface area contributed by atoms with Gasteiger partial charge in [0.05, 0.1) is 17.8 Å². The lowest BCUT2D eigenvalue weighted by Gasteiger charge is -2.06. The molecule has 1 unspecified atom stereocenters. The number of aromatic nitrogens is 2. The van der Waals surface area contributed by atoms with Crippen molar-refractivity contribution >= 4 is 9.84 Å². The van der Waals surface area contributed by atoms with Crippen LogP contribution in [0.25, 0.3) is 0 Å². The molecule has 0 aromatic carbocycles. The van der Waals surface area contributed by atoms with Gasteiger partial charge < -0.3 is 10.3 Å². The van der Waals surface area contributed by atoms with Crippen molar-refractivity contribution in [1.82, 2.24) is 9.55 Å². The highest BCUT2D eigenvalue weighted by Crippen LogP contribution is 2.00. The van der Waals surface area contributed by atoms with Crippen LogP contribution < -0.4 is 5.73 Å². The van der Waals surface area contributed by atoms with E-state index in [4.69, 9.17) is 5.73 Å². The zero-order valence-corrected chi connectivity index (χ0v) is 10.4. The summed E-state index contributed by atoms with van der Waals surface area (Å²) in [4.78, 5) is 3.89. The Morgan fingerprint density at radius 3 is 2.75 bits per heavy atom. The molecule has 1 atom stereocenters. The molecule has 1 aromatic rings. The first-order valence-corrected chi connectivity index (χ1v) is 7.23. The Bertz CT molecular complexity index is 384. The number of rotatable bonds is 7. The Hall–Kier alpha value is -0.880. The highest BCUT2D eigenvalue weighted by molar-refractivity contribution is 7.91. The number of sulfone groups is 1. The largest absolute Gasteiger partial charge is 0.337 e. The van der Waals surface area contributed by atoms with E-state index in [-0.39, 0.29) is 17.5 Å². The second kappa shape index (κ2) is 6.00. The summed E-state index contributed by atoms with van der Waals surface area (Å²) in [7, 11) is -2.94. The van der Waals surface area contributed by atoms with E-state index in [1.807, 2.05) is 17.7 Å². The van der Waals surface area contributed by atoms with Crippen LogP contribution in [0, 0.1) is 0 Å². The third kappa shape index (κ3) is 5.27. The second-order valence-electron chi connectivity index (χ2n) is 4.07. The van der Waals surface area contributed by atoms with Crippen molar-refractivity contribution in [3.8, 4) is 0 Å². The first kappa shape index (κ1) is 13.2. The van der Waals surface area contributed by atoms with Crippen molar-refractivity contribution in [2.75, 3.05) is 11.5 Å². The fourth-order valence-corrected chi connectivity index (χ4v) is 2.86. The summed E-state index contributed by atoms with van der Waals surface area (Å²) in [5, 5.41) is 0. The molecule has 1 rings (SSSR count). The Balaban J connectivity index is 2.26. The van der Waals surface area contributed by atoms with Crippen LogP contribution in [0.5, 0.6) is 0 Å². The summed E-state index contributed by atoms with van der Waals surface area (Å²) in [6.45, 7) is 2.51. The van der Waals surface area contributed by atoms with Crippen LogP contribution in [0.1, 0.15) is 19.8 Å². The number of imidazole rings is 1. The van der Waals surface area contributed by atoms with Gasteiger partial charge in [-0.3, -0.25) is 0 Å². The summed E-state index contributed by atoms with van der Waals surface area (Å²) in [5.41, 5.74) is 5.53. The van der Waals surface area contributed by atoms with Crippen LogP contribution >= 0.6 is 0 Å². The predicted molar refractivity (Wildman–Crippen MR) is 63.8 cm³/mol. The van der Waals surface area contributed by atoms with E-state index in [9.17, 15) is 8.42 Å². The van der Waals surface area contributed by atoms with Crippen LogP contribution in [-0.2, 0) is 16.4 Å². The average molecular weight is 245 g/mol. The van der Waals surface area contributed by atoms with E-state index in [1.54, 1.807) is 12.5 Å². The summed E-state index contributed by atoms with van der Waals surface area (Å²) >= 11 is 0. The number of nitrogens with two attached hydrogens (primary N) is 1. The zero-order valence-electron chi connectivity index (χ0n) is 9.54. The minimum atomic E-state index is -2.94. The normalized spacial score (nSPS) is 13.9. The van der Waals surface area contributed by atoms with E-state index in [0.717, 1.165) is 0 Å². The van der Waals surface area contributed by atoms with E-state index >= 15 is 0 Å². The molecule has 0 saturated carbocycles. The zero-order chi connectivity index (χ0) is 12.0. The first-order chi connectivity index (χ1) is 7.49. The minimum Gasteiger partial charge on any atom is -0.337 e. The summed E-state index contributed by atoms with van der Waals surface area (Å²) in [6.07, 6.45) is 6.36. The van der Waals surface area contributed by atoms with Crippen molar-refractivity contribution in [2.45, 2.75) is 32.4 Å². The molecule has 16 heavy (non-hydrogen) atoms. The third-order valence-electron chi connectivity index (χ3n) is 2.32. The van der Waals surface area contributed by atoms with Gasteiger partial charge in [-0.05, 0) is 19.8 Å². The molecule has 0 spiro atoms. The standard InChI is InChI=1S/C10H19N3O2S/c1-10(11)3-8-16(14,15)7-2-5-13-6-4-12-9-13/h4,6,9-10H,2-3,5,7-8,11H2,1H3. The number of nitrogens with zero attached hydrogens (tertiary/aromatic N) is 2. The van der Waals surface area contributed by atoms with Gasteiger partial charge in [0.25, 0.3) is 0 Å². The highest BCUT2D eigenvalue weighted by Gasteiger charge is 2.11. The van der Waals surface area contributed by atoms with E-state index in [0.29, 0.717) is 19.4 Å². The van der Waals surface area contributed by atoms with Gasteiger partial charge in [-0.15, -0.1) is 0 Å². The molecule has 0 aliphatic rings. The Morgan fingerprint density at radius 1 is 1.44 bits per heavy atom. The van der Waals surface area contributed by atoms with Crippen molar-refractivity contribution in [3.63, 3.8) is 0 Å². The average Bonchev–Trinajstić information content (AvgIpc) is 2.68. The van der Waals surface area contributed by atoms with E-state index in [2.05, 4.69) is 4.98 Å². The molecule has 0 aliphatic heterocycles. The molecule has 92 valence electrons. The number of hydrogen-bond donors (Lipinski definition) is 1. The highest BCUT2D eigenvalue weighted by atomic mass is 32.2. The van der Waals surface area contributed by atoms with Gasteiger partial charge in [-0.1, -0.05) is 0 Å². The lowest BCUT2D eigenvalue weighted by molar-refractivity contribution is 0.578. The predicted octanol–water partition coefficient (Wildman–Crippen LogP) is 0.425. The quantitative estimate of drug-likeness (QED) is 0.755. The molecule has 0 amide bonds. The van der Waals surface area contributed by atoms with Crippen LogP contribution in [0.15, 0.2) is 18.7 Å². The smallest absolute Gasteiger partial charge is 0.150 e. The fourth-order valence-electron chi connectivity index (χ4n) is 1.35. The van der Waals surface area contributed by atoms with Crippen molar-refractivity contribution in [3.05, 3.63) is 18.7 Å². The van der Waals surface area contributed by atoms with Crippen LogP contribution in [-0.4, -0.2) is 35.5 Å². The molecule has 1 heterocycles. The van der Waals surface area contributed by atoms with E-state index < -0.39 is 9.84 Å². The van der Waals surface area contributed by atoms with Crippen molar-refractivity contribution in [2.24, 2.45) is 5.73 Å². The summed E-state index contributed by atoms with van der Waals surface area (Å²) < 4.78 is 25.0. The van der Waals surface area contributed by atoms with Crippen LogP contribution in [0.2, 0.25) is 0 Å². The Kier molecular flexibility index (Phi) is 4.95. The molecule has 0 saturated heterocycles. The van der Waals surface area contributed by atoms with Gasteiger partial charge >= 0.3 is 0 Å². The summed E-state index contributed by atoms with van der Waals surface area (Å²) in [6, 6.07) is -0.0524. The van der Waals surface area contributed by atoms with Gasteiger partial charge in [0.15, 0.2) is 0 Å².